The predicted molar refractivity (Wildman–Crippen MR) is 80.9 cm³/mol. The molecule has 1 unspecified atom stereocenters. The zero-order valence-corrected chi connectivity index (χ0v) is 11.8. The molecule has 3 heteroatoms. The molecule has 0 aliphatic carbocycles. The van der Waals surface area contributed by atoms with Crippen LogP contribution in [0.4, 0.5) is 5.69 Å². The van der Waals surface area contributed by atoms with E-state index in [2.05, 4.69) is 35.6 Å². The fourth-order valence-electron chi connectivity index (χ4n) is 2.82. The third-order valence-corrected chi connectivity index (χ3v) is 3.90. The first-order valence-electron chi connectivity index (χ1n) is 6.85. The Morgan fingerprint density at radius 1 is 1.05 bits per heavy atom. The van der Waals surface area contributed by atoms with E-state index in [4.69, 9.17) is 9.47 Å². The van der Waals surface area contributed by atoms with Crippen molar-refractivity contribution in [1.82, 2.24) is 0 Å². The van der Waals surface area contributed by atoms with Crippen molar-refractivity contribution in [3.63, 3.8) is 0 Å². The Balaban J connectivity index is 1.91. The van der Waals surface area contributed by atoms with Crippen LogP contribution < -0.4 is 14.8 Å². The SMILES string of the molecule is COc1ccc(C2CNc3ccccc3C2)c(OC)c1. The summed E-state index contributed by atoms with van der Waals surface area (Å²) in [6, 6.07) is 14.5. The third-order valence-electron chi connectivity index (χ3n) is 3.90. The Morgan fingerprint density at radius 2 is 1.90 bits per heavy atom. The molecular formula is C17H19NO2. The molecule has 1 atom stereocenters. The van der Waals surface area contributed by atoms with Crippen LogP contribution in [0.3, 0.4) is 0 Å². The maximum absolute atomic E-state index is 5.52. The van der Waals surface area contributed by atoms with E-state index in [-0.39, 0.29) is 0 Å². The van der Waals surface area contributed by atoms with Gasteiger partial charge in [-0.2, -0.15) is 0 Å². The fourth-order valence-corrected chi connectivity index (χ4v) is 2.82. The lowest BCUT2D eigenvalue weighted by Gasteiger charge is -2.27. The first-order valence-corrected chi connectivity index (χ1v) is 6.85. The highest BCUT2D eigenvalue weighted by atomic mass is 16.5. The number of hydrogen-bond acceptors (Lipinski definition) is 3. The summed E-state index contributed by atoms with van der Waals surface area (Å²) in [4.78, 5) is 0. The molecule has 2 aromatic carbocycles. The molecule has 0 saturated carbocycles. The maximum Gasteiger partial charge on any atom is 0.126 e. The Morgan fingerprint density at radius 3 is 2.70 bits per heavy atom. The zero-order valence-electron chi connectivity index (χ0n) is 11.8. The van der Waals surface area contributed by atoms with Crippen molar-refractivity contribution in [2.45, 2.75) is 12.3 Å². The van der Waals surface area contributed by atoms with Gasteiger partial charge in [-0.1, -0.05) is 24.3 Å². The van der Waals surface area contributed by atoms with Gasteiger partial charge in [0.15, 0.2) is 0 Å². The van der Waals surface area contributed by atoms with Gasteiger partial charge in [0.05, 0.1) is 14.2 Å². The van der Waals surface area contributed by atoms with Crippen LogP contribution in [0.1, 0.15) is 17.0 Å². The number of para-hydroxylation sites is 1. The number of ether oxygens (including phenoxy) is 2. The van der Waals surface area contributed by atoms with Gasteiger partial charge in [-0.15, -0.1) is 0 Å². The minimum Gasteiger partial charge on any atom is -0.497 e. The van der Waals surface area contributed by atoms with Gasteiger partial charge in [-0.05, 0) is 29.7 Å². The summed E-state index contributed by atoms with van der Waals surface area (Å²) < 4.78 is 10.8. The van der Waals surface area contributed by atoms with Crippen LogP contribution in [0.5, 0.6) is 11.5 Å². The highest BCUT2D eigenvalue weighted by Crippen LogP contribution is 2.36. The van der Waals surface area contributed by atoms with Crippen LogP contribution in [-0.4, -0.2) is 20.8 Å². The minimum absolute atomic E-state index is 0.422. The molecule has 0 fully saturated rings. The lowest BCUT2D eigenvalue weighted by Crippen LogP contribution is -2.21. The van der Waals surface area contributed by atoms with E-state index in [9.17, 15) is 0 Å². The summed E-state index contributed by atoms with van der Waals surface area (Å²) in [7, 11) is 3.38. The van der Waals surface area contributed by atoms with E-state index < -0.39 is 0 Å². The molecule has 0 saturated heterocycles. The van der Waals surface area contributed by atoms with Gasteiger partial charge in [-0.25, -0.2) is 0 Å². The lowest BCUT2D eigenvalue weighted by molar-refractivity contribution is 0.388. The summed E-state index contributed by atoms with van der Waals surface area (Å²) in [6.07, 6.45) is 1.03. The molecule has 0 amide bonds. The van der Waals surface area contributed by atoms with Crippen molar-refractivity contribution >= 4 is 5.69 Å². The van der Waals surface area contributed by atoms with Gasteiger partial charge in [0.25, 0.3) is 0 Å². The van der Waals surface area contributed by atoms with Crippen molar-refractivity contribution in [3.05, 3.63) is 53.6 Å². The maximum atomic E-state index is 5.52. The Labute approximate surface area is 119 Å². The number of benzene rings is 2. The molecule has 0 bridgehead atoms. The van der Waals surface area contributed by atoms with Crippen LogP contribution in [0.2, 0.25) is 0 Å². The minimum atomic E-state index is 0.422. The molecule has 3 nitrogen and oxygen atoms in total. The van der Waals surface area contributed by atoms with Crippen molar-refractivity contribution in [2.24, 2.45) is 0 Å². The summed E-state index contributed by atoms with van der Waals surface area (Å²) in [5.41, 5.74) is 3.84. The Hall–Kier alpha value is -2.16. The van der Waals surface area contributed by atoms with Gasteiger partial charge >= 0.3 is 0 Å². The Kier molecular flexibility index (Phi) is 3.50. The standard InChI is InChI=1S/C17H19NO2/c1-19-14-7-8-15(17(10-14)20-2)13-9-12-5-3-4-6-16(12)18-11-13/h3-8,10,13,18H,9,11H2,1-2H3. The molecule has 1 aliphatic rings. The summed E-state index contributed by atoms with van der Waals surface area (Å²) in [5, 5.41) is 3.50. The van der Waals surface area contributed by atoms with Gasteiger partial charge in [-0.3, -0.25) is 0 Å². The van der Waals surface area contributed by atoms with Gasteiger partial charge in [0, 0.05) is 24.2 Å². The van der Waals surface area contributed by atoms with Crippen molar-refractivity contribution in [1.29, 1.82) is 0 Å². The van der Waals surface area contributed by atoms with E-state index in [1.807, 2.05) is 12.1 Å². The number of rotatable bonds is 3. The molecule has 3 rings (SSSR count). The quantitative estimate of drug-likeness (QED) is 0.925. The van der Waals surface area contributed by atoms with Gasteiger partial charge in [0.2, 0.25) is 0 Å². The zero-order chi connectivity index (χ0) is 13.9. The summed E-state index contributed by atoms with van der Waals surface area (Å²) in [6.45, 7) is 0.930. The molecule has 1 aliphatic heterocycles. The van der Waals surface area contributed by atoms with E-state index >= 15 is 0 Å². The second kappa shape index (κ2) is 5.45. The summed E-state index contributed by atoms with van der Waals surface area (Å²) >= 11 is 0. The first-order chi connectivity index (χ1) is 9.81. The molecule has 1 heterocycles. The van der Waals surface area contributed by atoms with Crippen LogP contribution in [0, 0.1) is 0 Å². The summed E-state index contributed by atoms with van der Waals surface area (Å²) in [5.74, 6) is 2.15. The average molecular weight is 269 g/mol. The molecular weight excluding hydrogens is 250 g/mol. The van der Waals surface area contributed by atoms with Crippen LogP contribution in [0.25, 0.3) is 0 Å². The number of methoxy groups -OCH3 is 2. The van der Waals surface area contributed by atoms with E-state index in [1.54, 1.807) is 14.2 Å². The monoisotopic (exact) mass is 269 g/mol. The third kappa shape index (κ3) is 2.31. The number of fused-ring (bicyclic) bond motifs is 1. The smallest absolute Gasteiger partial charge is 0.126 e. The van der Waals surface area contributed by atoms with Crippen molar-refractivity contribution in [2.75, 3.05) is 26.1 Å². The number of anilines is 1. The van der Waals surface area contributed by atoms with E-state index in [1.165, 1.54) is 16.8 Å². The van der Waals surface area contributed by atoms with E-state index in [0.29, 0.717) is 5.92 Å². The molecule has 1 N–H and O–H groups in total. The second-order valence-corrected chi connectivity index (χ2v) is 5.05. The fraction of sp³-hybridized carbons (Fsp3) is 0.294. The average Bonchev–Trinajstić information content (AvgIpc) is 2.53. The lowest BCUT2D eigenvalue weighted by atomic mass is 9.87. The van der Waals surface area contributed by atoms with Crippen LogP contribution in [0.15, 0.2) is 42.5 Å². The van der Waals surface area contributed by atoms with Gasteiger partial charge < -0.3 is 14.8 Å². The van der Waals surface area contributed by atoms with Crippen LogP contribution in [-0.2, 0) is 6.42 Å². The normalized spacial score (nSPS) is 17.0. The highest BCUT2D eigenvalue weighted by Gasteiger charge is 2.22. The number of hydrogen-bond donors (Lipinski definition) is 1. The van der Waals surface area contributed by atoms with E-state index in [0.717, 1.165) is 24.5 Å². The topological polar surface area (TPSA) is 30.5 Å². The molecule has 0 spiro atoms. The van der Waals surface area contributed by atoms with Crippen molar-refractivity contribution in [3.8, 4) is 11.5 Å². The second-order valence-electron chi connectivity index (χ2n) is 5.05. The Bertz CT molecular complexity index is 610. The first kappa shape index (κ1) is 12.9. The molecule has 20 heavy (non-hydrogen) atoms. The number of nitrogens with one attached hydrogen (secondary N) is 1. The van der Waals surface area contributed by atoms with Crippen molar-refractivity contribution < 1.29 is 9.47 Å². The molecule has 2 aromatic rings. The van der Waals surface area contributed by atoms with Crippen LogP contribution >= 0.6 is 0 Å². The molecule has 104 valence electrons. The van der Waals surface area contributed by atoms with Gasteiger partial charge in [0.1, 0.15) is 11.5 Å². The molecule has 0 radical (unpaired) electrons. The predicted octanol–water partition coefficient (Wildman–Crippen LogP) is 3.46. The molecule has 0 aromatic heterocycles. The largest absolute Gasteiger partial charge is 0.497 e. The highest BCUT2D eigenvalue weighted by molar-refractivity contribution is 5.55.